The fraction of sp³-hybridized carbons (Fsp3) is 0.188. The maximum atomic E-state index is 13.9. The zero-order chi connectivity index (χ0) is 14.0. The van der Waals surface area contributed by atoms with Gasteiger partial charge in [0, 0.05) is 5.56 Å². The van der Waals surface area contributed by atoms with Gasteiger partial charge in [0.2, 0.25) is 0 Å². The van der Waals surface area contributed by atoms with Crippen LogP contribution in [-0.4, -0.2) is 12.9 Å². The molecule has 2 nitrogen and oxygen atoms in total. The average Bonchev–Trinajstić information content (AvgIpc) is 2.36. The molecule has 0 radical (unpaired) electrons. The lowest BCUT2D eigenvalue weighted by Gasteiger charge is -2.09. The zero-order valence-corrected chi connectivity index (χ0v) is 11.2. The van der Waals surface area contributed by atoms with Gasteiger partial charge in [-0.05, 0) is 38.1 Å². The Labute approximate surface area is 111 Å². The van der Waals surface area contributed by atoms with Crippen molar-refractivity contribution in [2.75, 3.05) is 7.11 Å². The molecule has 0 aromatic heterocycles. The number of ether oxygens (including phenoxy) is 1. The number of halogens is 1. The van der Waals surface area contributed by atoms with Crippen LogP contribution in [0, 0.1) is 19.7 Å². The molecular formula is C16H15FO2. The lowest BCUT2D eigenvalue weighted by atomic mass is 9.98. The number of carbonyl (C=O) groups excluding carboxylic acids is 1. The van der Waals surface area contributed by atoms with Gasteiger partial charge < -0.3 is 4.74 Å². The minimum Gasteiger partial charge on any atom is -0.496 e. The molecule has 0 saturated carbocycles. The molecule has 2 aromatic carbocycles. The number of benzene rings is 2. The molecule has 2 aromatic rings. The number of rotatable bonds is 3. The van der Waals surface area contributed by atoms with Crippen LogP contribution in [0.25, 0.3) is 0 Å². The highest BCUT2D eigenvalue weighted by atomic mass is 19.1. The topological polar surface area (TPSA) is 26.3 Å². The van der Waals surface area contributed by atoms with Crippen molar-refractivity contribution in [1.29, 1.82) is 0 Å². The molecule has 0 bridgehead atoms. The third-order valence-corrected chi connectivity index (χ3v) is 2.91. The Morgan fingerprint density at radius 2 is 1.74 bits per heavy atom. The van der Waals surface area contributed by atoms with E-state index in [2.05, 4.69) is 0 Å². The van der Waals surface area contributed by atoms with E-state index in [4.69, 9.17) is 4.74 Å². The Balaban J connectivity index is 2.56. The standard InChI is InChI=1S/C16H15FO2/c1-10-7-11(2)9-12(8-10)16(18)15-13(17)5-4-6-14(15)19-3/h4-9H,1-3H3. The molecule has 2 rings (SSSR count). The van der Waals surface area contributed by atoms with Crippen LogP contribution in [0.1, 0.15) is 27.0 Å². The highest BCUT2D eigenvalue weighted by molar-refractivity contribution is 6.11. The lowest BCUT2D eigenvalue weighted by molar-refractivity contribution is 0.103. The molecule has 0 aliphatic carbocycles. The van der Waals surface area contributed by atoms with Crippen molar-refractivity contribution in [3.05, 3.63) is 64.5 Å². The minimum absolute atomic E-state index is 0.0185. The van der Waals surface area contributed by atoms with Crippen LogP contribution in [0.2, 0.25) is 0 Å². The SMILES string of the molecule is COc1cccc(F)c1C(=O)c1cc(C)cc(C)c1. The molecule has 0 fully saturated rings. The zero-order valence-electron chi connectivity index (χ0n) is 11.2. The summed E-state index contributed by atoms with van der Waals surface area (Å²) in [4.78, 5) is 12.4. The first-order chi connectivity index (χ1) is 9.02. The molecule has 0 saturated heterocycles. The second kappa shape index (κ2) is 5.22. The first-order valence-electron chi connectivity index (χ1n) is 5.98. The van der Waals surface area contributed by atoms with Gasteiger partial charge in [-0.2, -0.15) is 0 Å². The van der Waals surface area contributed by atoms with Gasteiger partial charge in [-0.1, -0.05) is 23.3 Å². The normalized spacial score (nSPS) is 10.3. The predicted molar refractivity (Wildman–Crippen MR) is 72.3 cm³/mol. The summed E-state index contributed by atoms with van der Waals surface area (Å²) in [5.41, 5.74) is 2.40. The highest BCUT2D eigenvalue weighted by Gasteiger charge is 2.19. The molecule has 3 heteroatoms. The summed E-state index contributed by atoms with van der Waals surface area (Å²) in [6, 6.07) is 9.83. The summed E-state index contributed by atoms with van der Waals surface area (Å²) in [5.74, 6) is -0.672. The van der Waals surface area contributed by atoms with E-state index >= 15 is 0 Å². The second-order valence-corrected chi connectivity index (χ2v) is 4.52. The molecule has 0 N–H and O–H groups in total. The summed E-state index contributed by atoms with van der Waals surface area (Å²) < 4.78 is 18.9. The third kappa shape index (κ3) is 2.65. The molecule has 0 spiro atoms. The van der Waals surface area contributed by atoms with Crippen LogP contribution < -0.4 is 4.74 Å². The van der Waals surface area contributed by atoms with Crippen LogP contribution in [-0.2, 0) is 0 Å². The van der Waals surface area contributed by atoms with Gasteiger partial charge >= 0.3 is 0 Å². The summed E-state index contributed by atoms with van der Waals surface area (Å²) >= 11 is 0. The van der Waals surface area contributed by atoms with Crippen LogP contribution >= 0.6 is 0 Å². The third-order valence-electron chi connectivity index (χ3n) is 2.91. The number of aryl methyl sites for hydroxylation is 2. The minimum atomic E-state index is -0.566. The van der Waals surface area contributed by atoms with E-state index in [1.54, 1.807) is 18.2 Å². The summed E-state index contributed by atoms with van der Waals surface area (Å²) in [5, 5.41) is 0. The summed E-state index contributed by atoms with van der Waals surface area (Å²) in [6.07, 6.45) is 0. The Hall–Kier alpha value is -2.16. The molecule has 98 valence electrons. The molecule has 0 aliphatic heterocycles. The van der Waals surface area contributed by atoms with Gasteiger partial charge in [-0.3, -0.25) is 4.79 Å². The van der Waals surface area contributed by atoms with Crippen molar-refractivity contribution in [1.82, 2.24) is 0 Å². The Morgan fingerprint density at radius 1 is 1.11 bits per heavy atom. The molecule has 0 aliphatic rings. The number of ketones is 1. The molecular weight excluding hydrogens is 243 g/mol. The van der Waals surface area contributed by atoms with E-state index in [9.17, 15) is 9.18 Å². The maximum Gasteiger partial charge on any atom is 0.199 e. The van der Waals surface area contributed by atoms with E-state index in [-0.39, 0.29) is 17.1 Å². The van der Waals surface area contributed by atoms with Crippen LogP contribution in [0.4, 0.5) is 4.39 Å². The van der Waals surface area contributed by atoms with E-state index < -0.39 is 5.82 Å². The van der Waals surface area contributed by atoms with Crippen molar-refractivity contribution < 1.29 is 13.9 Å². The second-order valence-electron chi connectivity index (χ2n) is 4.52. The highest BCUT2D eigenvalue weighted by Crippen LogP contribution is 2.25. The largest absolute Gasteiger partial charge is 0.496 e. The Bertz CT molecular complexity index is 612. The van der Waals surface area contributed by atoms with E-state index in [0.29, 0.717) is 5.56 Å². The van der Waals surface area contributed by atoms with Gasteiger partial charge in [-0.15, -0.1) is 0 Å². The van der Waals surface area contributed by atoms with Gasteiger partial charge in [0.1, 0.15) is 17.1 Å². The lowest BCUT2D eigenvalue weighted by Crippen LogP contribution is -2.07. The van der Waals surface area contributed by atoms with Gasteiger partial charge in [0.25, 0.3) is 0 Å². The molecule has 19 heavy (non-hydrogen) atoms. The fourth-order valence-corrected chi connectivity index (χ4v) is 2.14. The monoisotopic (exact) mass is 258 g/mol. The van der Waals surface area contributed by atoms with Crippen molar-refractivity contribution in [2.45, 2.75) is 13.8 Å². The van der Waals surface area contributed by atoms with Crippen molar-refractivity contribution in [2.24, 2.45) is 0 Å². The average molecular weight is 258 g/mol. The van der Waals surface area contributed by atoms with E-state index in [1.165, 1.54) is 19.2 Å². The summed E-state index contributed by atoms with van der Waals surface area (Å²) in [6.45, 7) is 3.81. The maximum absolute atomic E-state index is 13.9. The first kappa shape index (κ1) is 13.3. The van der Waals surface area contributed by atoms with Crippen LogP contribution in [0.5, 0.6) is 5.75 Å². The first-order valence-corrected chi connectivity index (χ1v) is 5.98. The Morgan fingerprint density at radius 3 is 2.32 bits per heavy atom. The summed E-state index contributed by atoms with van der Waals surface area (Å²) in [7, 11) is 1.42. The van der Waals surface area contributed by atoms with Crippen LogP contribution in [0.15, 0.2) is 36.4 Å². The molecule has 0 unspecified atom stereocenters. The molecule has 0 heterocycles. The number of hydrogen-bond donors (Lipinski definition) is 0. The quantitative estimate of drug-likeness (QED) is 0.785. The van der Waals surface area contributed by atoms with Gasteiger partial charge in [-0.25, -0.2) is 4.39 Å². The molecule has 0 atom stereocenters. The fourth-order valence-electron chi connectivity index (χ4n) is 2.14. The number of carbonyl (C=O) groups is 1. The van der Waals surface area contributed by atoms with Gasteiger partial charge in [0.15, 0.2) is 5.78 Å². The van der Waals surface area contributed by atoms with Gasteiger partial charge in [0.05, 0.1) is 7.11 Å². The van der Waals surface area contributed by atoms with Crippen molar-refractivity contribution in [3.8, 4) is 5.75 Å². The van der Waals surface area contributed by atoms with Crippen molar-refractivity contribution >= 4 is 5.78 Å². The smallest absolute Gasteiger partial charge is 0.199 e. The van der Waals surface area contributed by atoms with Crippen LogP contribution in [0.3, 0.4) is 0 Å². The van der Waals surface area contributed by atoms with E-state index in [1.807, 2.05) is 19.9 Å². The number of methoxy groups -OCH3 is 1. The molecule has 0 amide bonds. The van der Waals surface area contributed by atoms with Crippen molar-refractivity contribution in [3.63, 3.8) is 0 Å². The van der Waals surface area contributed by atoms with E-state index in [0.717, 1.165) is 11.1 Å². The predicted octanol–water partition coefficient (Wildman–Crippen LogP) is 3.68. The number of hydrogen-bond acceptors (Lipinski definition) is 2. The Kier molecular flexibility index (Phi) is 3.65.